The molecule has 4 N–H and O–H groups in total. The second kappa shape index (κ2) is 4.49. The maximum Gasteiger partial charge on any atom is 0.270 e. The highest BCUT2D eigenvalue weighted by molar-refractivity contribution is 5.99. The lowest BCUT2D eigenvalue weighted by Crippen LogP contribution is -2.48. The van der Waals surface area contributed by atoms with Crippen molar-refractivity contribution in [1.82, 2.24) is 9.88 Å². The first-order chi connectivity index (χ1) is 10.1. The van der Waals surface area contributed by atoms with Gasteiger partial charge in [0.25, 0.3) is 5.91 Å². The molecule has 0 saturated carbocycles. The average Bonchev–Trinajstić information content (AvgIpc) is 2.97. The van der Waals surface area contributed by atoms with Gasteiger partial charge in [0.2, 0.25) is 0 Å². The van der Waals surface area contributed by atoms with Gasteiger partial charge in [0.05, 0.1) is 6.10 Å². The fraction of sp³-hybridized carbons (Fsp3) is 0.438. The summed E-state index contributed by atoms with van der Waals surface area (Å²) in [7, 11) is 0. The number of hydrogen-bond donors (Lipinski definition) is 3. The summed E-state index contributed by atoms with van der Waals surface area (Å²) in [6.45, 7) is 0. The molecule has 2 unspecified atom stereocenters. The van der Waals surface area contributed by atoms with Crippen molar-refractivity contribution in [3.8, 4) is 0 Å². The van der Waals surface area contributed by atoms with E-state index >= 15 is 0 Å². The monoisotopic (exact) mass is 285 g/mol. The molecule has 21 heavy (non-hydrogen) atoms. The van der Waals surface area contributed by atoms with Crippen molar-refractivity contribution in [2.24, 2.45) is 0 Å². The zero-order chi connectivity index (χ0) is 14.6. The Morgan fingerprint density at radius 2 is 1.95 bits per heavy atom. The van der Waals surface area contributed by atoms with Crippen LogP contribution in [-0.2, 0) is 0 Å². The third-order valence-corrected chi connectivity index (χ3v) is 4.82. The summed E-state index contributed by atoms with van der Waals surface area (Å²) in [6.07, 6.45) is 3.15. The number of H-pyrrole nitrogens is 1. The summed E-state index contributed by atoms with van der Waals surface area (Å²) >= 11 is 0. The number of aromatic amines is 1. The molecule has 110 valence electrons. The minimum atomic E-state index is -0.255. The van der Waals surface area contributed by atoms with Crippen LogP contribution >= 0.6 is 0 Å². The predicted octanol–water partition coefficient (Wildman–Crippen LogP) is 1.88. The number of benzene rings is 1. The summed E-state index contributed by atoms with van der Waals surface area (Å²) in [5.41, 5.74) is 8.02. The normalized spacial score (nSPS) is 28.2. The molecule has 2 bridgehead atoms. The number of aliphatic hydroxyl groups is 1. The second-order valence-electron chi connectivity index (χ2n) is 6.25. The number of nitrogens with two attached hydrogens (primary N) is 1. The van der Waals surface area contributed by atoms with Crippen molar-refractivity contribution < 1.29 is 9.90 Å². The Morgan fingerprint density at radius 1 is 1.24 bits per heavy atom. The van der Waals surface area contributed by atoms with Gasteiger partial charge in [-0.25, -0.2) is 0 Å². The zero-order valence-corrected chi connectivity index (χ0v) is 11.7. The van der Waals surface area contributed by atoms with Gasteiger partial charge in [-0.2, -0.15) is 0 Å². The molecule has 1 aromatic heterocycles. The second-order valence-corrected chi connectivity index (χ2v) is 6.25. The topological polar surface area (TPSA) is 82.4 Å². The Balaban J connectivity index is 1.67. The van der Waals surface area contributed by atoms with Crippen LogP contribution in [0.15, 0.2) is 24.3 Å². The standard InChI is InChI=1S/C16H19N3O2/c17-10-1-4-14-9(5-10)6-15(18-14)16(21)19-11-2-3-12(19)8-13(20)7-11/h1,4-6,11-13,18,20H,2-3,7-8,17H2. The van der Waals surface area contributed by atoms with Crippen molar-refractivity contribution in [1.29, 1.82) is 0 Å². The molecule has 0 aliphatic carbocycles. The van der Waals surface area contributed by atoms with Gasteiger partial charge in [0, 0.05) is 28.7 Å². The van der Waals surface area contributed by atoms with Crippen LogP contribution in [0.5, 0.6) is 0 Å². The Kier molecular flexibility index (Phi) is 2.72. The van der Waals surface area contributed by atoms with Crippen LogP contribution in [0.3, 0.4) is 0 Å². The molecule has 5 nitrogen and oxygen atoms in total. The molecule has 4 rings (SSSR count). The van der Waals surface area contributed by atoms with E-state index in [2.05, 4.69) is 4.98 Å². The van der Waals surface area contributed by atoms with Gasteiger partial charge >= 0.3 is 0 Å². The van der Waals surface area contributed by atoms with E-state index in [1.165, 1.54) is 0 Å². The number of carbonyl (C=O) groups excluding carboxylic acids is 1. The first-order valence-electron chi connectivity index (χ1n) is 7.51. The van der Waals surface area contributed by atoms with Crippen LogP contribution in [-0.4, -0.2) is 39.1 Å². The number of anilines is 1. The van der Waals surface area contributed by atoms with Crippen molar-refractivity contribution in [2.75, 3.05) is 5.73 Å². The van der Waals surface area contributed by atoms with Gasteiger partial charge in [-0.3, -0.25) is 4.79 Å². The Labute approximate surface area is 122 Å². The van der Waals surface area contributed by atoms with Crippen molar-refractivity contribution in [3.63, 3.8) is 0 Å². The van der Waals surface area contributed by atoms with E-state index in [9.17, 15) is 9.90 Å². The number of aliphatic hydroxyl groups excluding tert-OH is 1. The van der Waals surface area contributed by atoms with Crippen LogP contribution in [0.4, 0.5) is 5.69 Å². The average molecular weight is 285 g/mol. The van der Waals surface area contributed by atoms with E-state index in [0.29, 0.717) is 24.2 Å². The summed E-state index contributed by atoms with van der Waals surface area (Å²) < 4.78 is 0. The molecule has 2 saturated heterocycles. The Hall–Kier alpha value is -2.01. The lowest BCUT2D eigenvalue weighted by Gasteiger charge is -2.36. The molecule has 2 aliphatic heterocycles. The van der Waals surface area contributed by atoms with E-state index in [-0.39, 0.29) is 24.1 Å². The molecule has 1 aromatic carbocycles. The maximum atomic E-state index is 12.8. The first kappa shape index (κ1) is 12.7. The molecular weight excluding hydrogens is 266 g/mol. The third kappa shape index (κ3) is 2.00. The summed E-state index contributed by atoms with van der Waals surface area (Å²) in [5.74, 6) is 0.0455. The number of fused-ring (bicyclic) bond motifs is 3. The maximum absolute atomic E-state index is 12.8. The van der Waals surface area contributed by atoms with E-state index in [4.69, 9.17) is 5.73 Å². The quantitative estimate of drug-likeness (QED) is 0.700. The number of amides is 1. The Morgan fingerprint density at radius 3 is 2.67 bits per heavy atom. The van der Waals surface area contributed by atoms with Gasteiger partial charge in [0.1, 0.15) is 5.69 Å². The van der Waals surface area contributed by atoms with Crippen LogP contribution < -0.4 is 5.73 Å². The molecule has 1 amide bonds. The highest BCUT2D eigenvalue weighted by atomic mass is 16.3. The number of nitrogen functional groups attached to an aromatic ring is 1. The van der Waals surface area contributed by atoms with E-state index in [0.717, 1.165) is 23.7 Å². The number of piperidine rings is 1. The third-order valence-electron chi connectivity index (χ3n) is 4.82. The van der Waals surface area contributed by atoms with Crippen LogP contribution in [0.2, 0.25) is 0 Å². The van der Waals surface area contributed by atoms with Gasteiger partial charge in [-0.05, 0) is 49.9 Å². The Bertz CT molecular complexity index is 695. The van der Waals surface area contributed by atoms with Crippen molar-refractivity contribution in [2.45, 2.75) is 43.9 Å². The van der Waals surface area contributed by atoms with Gasteiger partial charge < -0.3 is 20.7 Å². The van der Waals surface area contributed by atoms with Gasteiger partial charge in [-0.15, -0.1) is 0 Å². The molecule has 3 heterocycles. The number of hydrogen-bond acceptors (Lipinski definition) is 3. The molecule has 2 fully saturated rings. The SMILES string of the molecule is Nc1ccc2[nH]c(C(=O)N3C4CCC3CC(O)C4)cc2c1. The molecule has 0 radical (unpaired) electrons. The minimum absolute atomic E-state index is 0.0455. The van der Waals surface area contributed by atoms with Crippen molar-refractivity contribution in [3.05, 3.63) is 30.0 Å². The van der Waals surface area contributed by atoms with Crippen LogP contribution in [0.25, 0.3) is 10.9 Å². The zero-order valence-electron chi connectivity index (χ0n) is 11.7. The lowest BCUT2D eigenvalue weighted by atomic mass is 9.99. The number of rotatable bonds is 1. The smallest absolute Gasteiger partial charge is 0.270 e. The minimum Gasteiger partial charge on any atom is -0.399 e. The van der Waals surface area contributed by atoms with Gasteiger partial charge in [0.15, 0.2) is 0 Å². The molecule has 2 aromatic rings. The number of carbonyl (C=O) groups is 1. The number of nitrogens with one attached hydrogen (secondary N) is 1. The first-order valence-corrected chi connectivity index (χ1v) is 7.51. The number of nitrogens with zero attached hydrogens (tertiary/aromatic N) is 1. The number of aromatic nitrogens is 1. The summed E-state index contributed by atoms with van der Waals surface area (Å²) in [5, 5.41) is 10.8. The molecular formula is C16H19N3O2. The van der Waals surface area contributed by atoms with Crippen LogP contribution in [0, 0.1) is 0 Å². The highest BCUT2D eigenvalue weighted by Crippen LogP contribution is 2.37. The van der Waals surface area contributed by atoms with E-state index in [1.807, 2.05) is 29.2 Å². The summed E-state index contributed by atoms with van der Waals surface area (Å²) in [6, 6.07) is 7.84. The summed E-state index contributed by atoms with van der Waals surface area (Å²) in [4.78, 5) is 18.0. The van der Waals surface area contributed by atoms with E-state index in [1.54, 1.807) is 0 Å². The molecule has 0 spiro atoms. The van der Waals surface area contributed by atoms with Gasteiger partial charge in [-0.1, -0.05) is 0 Å². The lowest BCUT2D eigenvalue weighted by molar-refractivity contribution is 0.0283. The fourth-order valence-electron chi connectivity index (χ4n) is 3.89. The fourth-order valence-corrected chi connectivity index (χ4v) is 3.89. The molecule has 5 heteroatoms. The largest absolute Gasteiger partial charge is 0.399 e. The molecule has 2 atom stereocenters. The van der Waals surface area contributed by atoms with Crippen LogP contribution in [0.1, 0.15) is 36.2 Å². The van der Waals surface area contributed by atoms with E-state index < -0.39 is 0 Å². The molecule has 2 aliphatic rings. The predicted molar refractivity (Wildman–Crippen MR) is 80.9 cm³/mol. The highest BCUT2D eigenvalue weighted by Gasteiger charge is 2.43. The van der Waals surface area contributed by atoms with Crippen molar-refractivity contribution >= 4 is 22.5 Å².